The first kappa shape index (κ1) is 9.52. The highest BCUT2D eigenvalue weighted by Crippen LogP contribution is 2.41. The van der Waals surface area contributed by atoms with E-state index < -0.39 is 5.54 Å². The molecule has 1 fully saturated rings. The smallest absolute Gasteiger partial charge is 0.237 e. The Labute approximate surface area is 73.7 Å². The molecule has 3 nitrogen and oxygen atoms in total. The first-order chi connectivity index (χ1) is 5.52. The van der Waals surface area contributed by atoms with E-state index in [1.54, 1.807) is 7.05 Å². The Hall–Kier alpha value is -0.570. The number of hydrogen-bond donors (Lipinski definition) is 2. The van der Waals surface area contributed by atoms with Gasteiger partial charge in [0.15, 0.2) is 0 Å². The van der Waals surface area contributed by atoms with Crippen LogP contribution in [-0.2, 0) is 4.79 Å². The van der Waals surface area contributed by atoms with Crippen molar-refractivity contribution in [3.05, 3.63) is 0 Å². The zero-order chi connectivity index (χ0) is 9.35. The van der Waals surface area contributed by atoms with Gasteiger partial charge in [-0.2, -0.15) is 0 Å². The molecule has 1 saturated carbocycles. The Morgan fingerprint density at radius 3 is 2.33 bits per heavy atom. The minimum Gasteiger partial charge on any atom is -0.368 e. The molecule has 0 saturated heterocycles. The van der Waals surface area contributed by atoms with Gasteiger partial charge in [-0.3, -0.25) is 4.79 Å². The van der Waals surface area contributed by atoms with Crippen LogP contribution >= 0.6 is 0 Å². The zero-order valence-electron chi connectivity index (χ0n) is 8.05. The molecular weight excluding hydrogens is 152 g/mol. The Balaban J connectivity index is 2.52. The van der Waals surface area contributed by atoms with E-state index in [0.717, 1.165) is 12.8 Å². The van der Waals surface area contributed by atoms with Gasteiger partial charge in [0.2, 0.25) is 5.91 Å². The molecule has 70 valence electrons. The number of carbonyl (C=O) groups is 1. The highest BCUT2D eigenvalue weighted by molar-refractivity contribution is 5.85. The molecule has 3 N–H and O–H groups in total. The average Bonchev–Trinajstić information content (AvgIpc) is 1.84. The molecule has 0 heterocycles. The van der Waals surface area contributed by atoms with E-state index in [1.165, 1.54) is 0 Å². The van der Waals surface area contributed by atoms with Crippen molar-refractivity contribution in [3.63, 3.8) is 0 Å². The molecule has 3 heteroatoms. The van der Waals surface area contributed by atoms with Crippen LogP contribution in [0.5, 0.6) is 0 Å². The fourth-order valence-electron chi connectivity index (χ4n) is 1.84. The van der Waals surface area contributed by atoms with Crippen LogP contribution in [0.25, 0.3) is 0 Å². The summed E-state index contributed by atoms with van der Waals surface area (Å²) in [4.78, 5) is 11.1. The van der Waals surface area contributed by atoms with Crippen LogP contribution in [0.2, 0.25) is 0 Å². The van der Waals surface area contributed by atoms with Crippen molar-refractivity contribution in [2.24, 2.45) is 17.6 Å². The van der Waals surface area contributed by atoms with E-state index in [1.807, 2.05) is 0 Å². The molecule has 1 rings (SSSR count). The molecule has 0 aromatic rings. The minimum atomic E-state index is -0.394. The number of carbonyl (C=O) groups excluding carboxylic acids is 1. The van der Waals surface area contributed by atoms with Crippen molar-refractivity contribution >= 4 is 5.91 Å². The molecular formula is C9H18N2O. The molecule has 0 spiro atoms. The fraction of sp³-hybridized carbons (Fsp3) is 0.889. The number of rotatable bonds is 3. The highest BCUT2D eigenvalue weighted by Gasteiger charge is 2.48. The summed E-state index contributed by atoms with van der Waals surface area (Å²) >= 11 is 0. The monoisotopic (exact) mass is 170 g/mol. The van der Waals surface area contributed by atoms with E-state index in [0.29, 0.717) is 11.8 Å². The van der Waals surface area contributed by atoms with Gasteiger partial charge < -0.3 is 11.1 Å². The first-order valence-electron chi connectivity index (χ1n) is 4.50. The van der Waals surface area contributed by atoms with E-state index in [9.17, 15) is 4.79 Å². The van der Waals surface area contributed by atoms with Crippen molar-refractivity contribution in [3.8, 4) is 0 Å². The molecule has 0 bridgehead atoms. The number of nitrogens with two attached hydrogens (primary N) is 1. The van der Waals surface area contributed by atoms with Crippen LogP contribution < -0.4 is 11.1 Å². The van der Waals surface area contributed by atoms with Gasteiger partial charge in [-0.1, -0.05) is 13.8 Å². The third kappa shape index (κ3) is 1.33. The topological polar surface area (TPSA) is 55.1 Å². The van der Waals surface area contributed by atoms with E-state index >= 15 is 0 Å². The Morgan fingerprint density at radius 2 is 2.08 bits per heavy atom. The number of amides is 1. The maximum absolute atomic E-state index is 11.1. The lowest BCUT2D eigenvalue weighted by Gasteiger charge is -2.47. The number of nitrogens with one attached hydrogen (secondary N) is 1. The second-order valence-corrected chi connectivity index (χ2v) is 4.11. The minimum absolute atomic E-state index is 0.207. The SMILES string of the molecule is CNC1(C(N)=O)CC(C(C)C)C1. The molecule has 0 aromatic carbocycles. The molecule has 1 amide bonds. The van der Waals surface area contributed by atoms with Gasteiger partial charge in [0.05, 0.1) is 5.54 Å². The summed E-state index contributed by atoms with van der Waals surface area (Å²) in [5.41, 5.74) is 4.91. The predicted octanol–water partition coefficient (Wildman–Crippen LogP) is 0.496. The van der Waals surface area contributed by atoms with Gasteiger partial charge in [0.1, 0.15) is 0 Å². The van der Waals surface area contributed by atoms with Gasteiger partial charge in [-0.05, 0) is 31.7 Å². The second kappa shape index (κ2) is 3.05. The lowest BCUT2D eigenvalue weighted by atomic mass is 9.64. The van der Waals surface area contributed by atoms with Crippen LogP contribution in [0.4, 0.5) is 0 Å². The zero-order valence-corrected chi connectivity index (χ0v) is 8.05. The molecule has 0 aromatic heterocycles. The van der Waals surface area contributed by atoms with Crippen LogP contribution in [0.15, 0.2) is 0 Å². The van der Waals surface area contributed by atoms with Crippen molar-refractivity contribution < 1.29 is 4.79 Å². The van der Waals surface area contributed by atoms with Crippen LogP contribution in [-0.4, -0.2) is 18.5 Å². The maximum Gasteiger partial charge on any atom is 0.237 e. The van der Waals surface area contributed by atoms with Crippen molar-refractivity contribution in [1.29, 1.82) is 0 Å². The summed E-state index contributed by atoms with van der Waals surface area (Å²) in [6.45, 7) is 4.37. The molecule has 0 unspecified atom stereocenters. The molecule has 12 heavy (non-hydrogen) atoms. The fourth-order valence-corrected chi connectivity index (χ4v) is 1.84. The summed E-state index contributed by atoms with van der Waals surface area (Å²) in [5, 5.41) is 3.02. The van der Waals surface area contributed by atoms with Crippen LogP contribution in [0, 0.1) is 11.8 Å². The first-order valence-corrected chi connectivity index (χ1v) is 4.50. The van der Waals surface area contributed by atoms with Gasteiger partial charge >= 0.3 is 0 Å². The van der Waals surface area contributed by atoms with E-state index in [4.69, 9.17) is 5.73 Å². The van der Waals surface area contributed by atoms with Crippen LogP contribution in [0.3, 0.4) is 0 Å². The van der Waals surface area contributed by atoms with Gasteiger partial charge in [-0.15, -0.1) is 0 Å². The Morgan fingerprint density at radius 1 is 1.58 bits per heavy atom. The third-order valence-electron chi connectivity index (χ3n) is 3.11. The normalized spacial score (nSPS) is 34.8. The molecule has 0 radical (unpaired) electrons. The third-order valence-corrected chi connectivity index (χ3v) is 3.11. The summed E-state index contributed by atoms with van der Waals surface area (Å²) in [6.07, 6.45) is 1.80. The van der Waals surface area contributed by atoms with Gasteiger partial charge in [0, 0.05) is 0 Å². The highest BCUT2D eigenvalue weighted by atomic mass is 16.1. The van der Waals surface area contributed by atoms with Crippen molar-refractivity contribution in [2.45, 2.75) is 32.2 Å². The molecule has 0 aliphatic heterocycles. The lowest BCUT2D eigenvalue weighted by Crippen LogP contribution is -2.62. The van der Waals surface area contributed by atoms with E-state index in [-0.39, 0.29) is 5.91 Å². The van der Waals surface area contributed by atoms with Crippen molar-refractivity contribution in [1.82, 2.24) is 5.32 Å². The maximum atomic E-state index is 11.1. The standard InChI is InChI=1S/C9H18N2O/c1-6(2)7-4-9(5-7,11-3)8(10)12/h6-7,11H,4-5H2,1-3H3,(H2,10,12). The summed E-state index contributed by atoms with van der Waals surface area (Å²) < 4.78 is 0. The Kier molecular flexibility index (Phi) is 2.42. The number of likely N-dealkylation sites (N-methyl/N-ethyl adjacent to an activating group) is 1. The molecule has 1 aliphatic carbocycles. The van der Waals surface area contributed by atoms with Gasteiger partial charge in [0.25, 0.3) is 0 Å². The summed E-state index contributed by atoms with van der Waals surface area (Å²) in [5.74, 6) is 1.11. The summed E-state index contributed by atoms with van der Waals surface area (Å²) in [6, 6.07) is 0. The van der Waals surface area contributed by atoms with Crippen LogP contribution in [0.1, 0.15) is 26.7 Å². The number of hydrogen-bond acceptors (Lipinski definition) is 2. The molecule has 1 aliphatic rings. The van der Waals surface area contributed by atoms with Gasteiger partial charge in [-0.25, -0.2) is 0 Å². The van der Waals surface area contributed by atoms with Crippen molar-refractivity contribution in [2.75, 3.05) is 7.05 Å². The lowest BCUT2D eigenvalue weighted by molar-refractivity contribution is -0.130. The van der Waals surface area contributed by atoms with E-state index in [2.05, 4.69) is 19.2 Å². The second-order valence-electron chi connectivity index (χ2n) is 4.11. The summed E-state index contributed by atoms with van der Waals surface area (Å²) in [7, 11) is 1.81. The average molecular weight is 170 g/mol. The quantitative estimate of drug-likeness (QED) is 0.648. The Bertz CT molecular complexity index is 183. The largest absolute Gasteiger partial charge is 0.368 e. The number of primary amides is 1. The molecule has 0 atom stereocenters. The predicted molar refractivity (Wildman–Crippen MR) is 48.5 cm³/mol.